The predicted octanol–water partition coefficient (Wildman–Crippen LogP) is 2.72. The summed E-state index contributed by atoms with van der Waals surface area (Å²) in [5, 5.41) is 1.64. The summed E-state index contributed by atoms with van der Waals surface area (Å²) < 4.78 is 10.4. The van der Waals surface area contributed by atoms with Crippen molar-refractivity contribution in [1.82, 2.24) is 4.98 Å². The number of aromatic nitrogens is 1. The second-order valence-electron chi connectivity index (χ2n) is 3.37. The molecule has 5 heteroatoms. The van der Waals surface area contributed by atoms with E-state index in [9.17, 15) is 4.79 Å². The van der Waals surface area contributed by atoms with Gasteiger partial charge in [0, 0.05) is 17.0 Å². The summed E-state index contributed by atoms with van der Waals surface area (Å²) in [4.78, 5) is 14.9. The number of pyridine rings is 1. The van der Waals surface area contributed by atoms with Crippen molar-refractivity contribution < 1.29 is 14.3 Å². The van der Waals surface area contributed by atoms with Crippen LogP contribution < -0.4 is 9.47 Å². The molecule has 0 fully saturated rings. The third-order valence-corrected chi connectivity index (χ3v) is 2.80. The number of rotatable bonds is 3. The average Bonchev–Trinajstić information content (AvgIpc) is 2.37. The lowest BCUT2D eigenvalue weighted by atomic mass is 10.1. The molecular weight excluding hydrogens is 242 g/mol. The van der Waals surface area contributed by atoms with E-state index >= 15 is 0 Å². The van der Waals surface area contributed by atoms with Crippen LogP contribution in [0.25, 0.3) is 10.8 Å². The molecule has 1 aromatic carbocycles. The number of nitrogens with zero attached hydrogens (tertiary/aromatic N) is 1. The van der Waals surface area contributed by atoms with E-state index in [1.165, 1.54) is 7.11 Å². The van der Waals surface area contributed by atoms with E-state index < -0.39 is 0 Å². The van der Waals surface area contributed by atoms with Gasteiger partial charge in [0.2, 0.25) is 0 Å². The first kappa shape index (κ1) is 11.7. The first-order valence-corrected chi connectivity index (χ1v) is 5.24. The number of benzene rings is 1. The highest BCUT2D eigenvalue weighted by Gasteiger charge is 2.11. The Kier molecular flexibility index (Phi) is 3.15. The third kappa shape index (κ3) is 1.91. The molecule has 0 aliphatic rings. The van der Waals surface area contributed by atoms with Gasteiger partial charge in [-0.2, -0.15) is 0 Å². The highest BCUT2D eigenvalue weighted by molar-refractivity contribution is 6.33. The molecule has 0 saturated heterocycles. The number of ether oxygens (including phenoxy) is 2. The summed E-state index contributed by atoms with van der Waals surface area (Å²) in [6.45, 7) is 0. The molecule has 1 aromatic heterocycles. The van der Waals surface area contributed by atoms with Gasteiger partial charge in [0.25, 0.3) is 0 Å². The van der Waals surface area contributed by atoms with Crippen molar-refractivity contribution in [3.8, 4) is 11.5 Å². The number of fused-ring (bicyclic) bond motifs is 1. The summed E-state index contributed by atoms with van der Waals surface area (Å²) in [7, 11) is 3.08. The fourth-order valence-electron chi connectivity index (χ4n) is 1.65. The Morgan fingerprint density at radius 1 is 1.24 bits per heavy atom. The minimum atomic E-state index is 0.180. The molecule has 0 aliphatic heterocycles. The molecule has 0 aliphatic carbocycles. The summed E-state index contributed by atoms with van der Waals surface area (Å²) in [5.41, 5.74) is 0.352. The zero-order valence-electron chi connectivity index (χ0n) is 9.36. The molecule has 17 heavy (non-hydrogen) atoms. The van der Waals surface area contributed by atoms with Gasteiger partial charge >= 0.3 is 0 Å². The lowest BCUT2D eigenvalue weighted by molar-refractivity contribution is 0.112. The maximum atomic E-state index is 11.0. The fourth-order valence-corrected chi connectivity index (χ4v) is 1.85. The maximum Gasteiger partial charge on any atom is 0.161 e. The van der Waals surface area contributed by atoms with Crippen molar-refractivity contribution in [3.05, 3.63) is 29.0 Å². The largest absolute Gasteiger partial charge is 0.493 e. The predicted molar refractivity (Wildman–Crippen MR) is 65.2 cm³/mol. The molecule has 0 radical (unpaired) electrons. The van der Waals surface area contributed by atoms with Crippen molar-refractivity contribution in [2.45, 2.75) is 0 Å². The molecule has 88 valence electrons. The molecule has 2 rings (SSSR count). The van der Waals surface area contributed by atoms with Crippen molar-refractivity contribution in [3.63, 3.8) is 0 Å². The average molecular weight is 252 g/mol. The number of aldehydes is 1. The van der Waals surface area contributed by atoms with Gasteiger partial charge in [-0.15, -0.1) is 0 Å². The van der Waals surface area contributed by atoms with Crippen molar-refractivity contribution >= 4 is 28.7 Å². The van der Waals surface area contributed by atoms with E-state index in [0.717, 1.165) is 5.39 Å². The zero-order valence-corrected chi connectivity index (χ0v) is 10.1. The number of hydrogen-bond donors (Lipinski definition) is 0. The molecule has 2 aromatic rings. The van der Waals surface area contributed by atoms with Crippen LogP contribution >= 0.6 is 11.6 Å². The normalized spacial score (nSPS) is 10.3. The molecule has 4 nitrogen and oxygen atoms in total. The minimum Gasteiger partial charge on any atom is -0.493 e. The Balaban J connectivity index is 2.82. The van der Waals surface area contributed by atoms with Gasteiger partial charge in [0.15, 0.2) is 17.8 Å². The van der Waals surface area contributed by atoms with Crippen LogP contribution in [0.4, 0.5) is 0 Å². The van der Waals surface area contributed by atoms with Crippen molar-refractivity contribution in [2.24, 2.45) is 0 Å². The summed E-state index contributed by atoms with van der Waals surface area (Å²) >= 11 is 5.86. The third-order valence-electron chi connectivity index (χ3n) is 2.50. The van der Waals surface area contributed by atoms with E-state index in [1.54, 1.807) is 25.4 Å². The summed E-state index contributed by atoms with van der Waals surface area (Å²) in [6, 6.07) is 3.47. The van der Waals surface area contributed by atoms with Crippen LogP contribution in [0.15, 0.2) is 18.3 Å². The minimum absolute atomic E-state index is 0.180. The molecule has 0 N–H and O–H groups in total. The van der Waals surface area contributed by atoms with Crippen LogP contribution in [0.3, 0.4) is 0 Å². The van der Waals surface area contributed by atoms with E-state index in [1.807, 2.05) is 0 Å². The Morgan fingerprint density at radius 2 is 1.88 bits per heavy atom. The monoisotopic (exact) mass is 251 g/mol. The van der Waals surface area contributed by atoms with Gasteiger partial charge in [0.1, 0.15) is 5.15 Å². The lowest BCUT2D eigenvalue weighted by Crippen LogP contribution is -1.94. The number of halogens is 1. The standard InChI is InChI=1S/C12H10ClNO3/c1-16-10-3-7-5-14-12(13)9(6-15)8(7)4-11(10)17-2/h3-6H,1-2H3. The van der Waals surface area contributed by atoms with Crippen molar-refractivity contribution in [2.75, 3.05) is 14.2 Å². The van der Waals surface area contributed by atoms with Gasteiger partial charge in [-0.3, -0.25) is 4.79 Å². The molecule has 1 heterocycles. The van der Waals surface area contributed by atoms with E-state index in [0.29, 0.717) is 28.7 Å². The van der Waals surface area contributed by atoms with Gasteiger partial charge in [-0.1, -0.05) is 11.6 Å². The first-order valence-electron chi connectivity index (χ1n) is 4.86. The van der Waals surface area contributed by atoms with Gasteiger partial charge in [0.05, 0.1) is 19.8 Å². The molecule has 0 spiro atoms. The lowest BCUT2D eigenvalue weighted by Gasteiger charge is -2.10. The SMILES string of the molecule is COc1cc2cnc(Cl)c(C=O)c2cc1OC. The quantitative estimate of drug-likeness (QED) is 0.622. The van der Waals surface area contributed by atoms with Crippen LogP contribution in [0.5, 0.6) is 11.5 Å². The van der Waals surface area contributed by atoms with Crippen LogP contribution in [-0.4, -0.2) is 25.5 Å². The molecule has 0 amide bonds. The first-order chi connectivity index (χ1) is 8.21. The molecule has 0 atom stereocenters. The fraction of sp³-hybridized carbons (Fsp3) is 0.167. The van der Waals surface area contributed by atoms with Crippen LogP contribution in [0, 0.1) is 0 Å². The van der Waals surface area contributed by atoms with E-state index in [-0.39, 0.29) is 5.15 Å². The Hall–Kier alpha value is -1.81. The Morgan fingerprint density at radius 3 is 2.47 bits per heavy atom. The van der Waals surface area contributed by atoms with E-state index in [4.69, 9.17) is 21.1 Å². The number of carbonyl (C=O) groups excluding carboxylic acids is 1. The topological polar surface area (TPSA) is 48.4 Å². The van der Waals surface area contributed by atoms with Crippen molar-refractivity contribution in [1.29, 1.82) is 0 Å². The molecule has 0 unspecified atom stereocenters. The smallest absolute Gasteiger partial charge is 0.161 e. The molecule has 0 bridgehead atoms. The molecule has 0 saturated carbocycles. The van der Waals surface area contributed by atoms with Crippen LogP contribution in [0.2, 0.25) is 5.15 Å². The maximum absolute atomic E-state index is 11.0. The highest BCUT2D eigenvalue weighted by Crippen LogP contribution is 2.34. The number of hydrogen-bond acceptors (Lipinski definition) is 4. The van der Waals surface area contributed by atoms with Gasteiger partial charge in [-0.25, -0.2) is 4.98 Å². The van der Waals surface area contributed by atoms with Gasteiger partial charge < -0.3 is 9.47 Å². The number of carbonyl (C=O) groups is 1. The highest BCUT2D eigenvalue weighted by atomic mass is 35.5. The summed E-state index contributed by atoms with van der Waals surface area (Å²) in [6.07, 6.45) is 2.27. The van der Waals surface area contributed by atoms with Crippen LogP contribution in [-0.2, 0) is 0 Å². The molecular formula is C12H10ClNO3. The van der Waals surface area contributed by atoms with Crippen LogP contribution in [0.1, 0.15) is 10.4 Å². The summed E-state index contributed by atoms with van der Waals surface area (Å²) in [5.74, 6) is 1.13. The number of methoxy groups -OCH3 is 2. The Bertz CT molecular complexity index is 583. The zero-order chi connectivity index (χ0) is 12.4. The second-order valence-corrected chi connectivity index (χ2v) is 3.73. The van der Waals surface area contributed by atoms with Gasteiger partial charge in [-0.05, 0) is 12.1 Å². The van der Waals surface area contributed by atoms with E-state index in [2.05, 4.69) is 4.98 Å². The second kappa shape index (κ2) is 4.59. The Labute approximate surface area is 103 Å².